The maximum atomic E-state index is 13.9. The van der Waals surface area contributed by atoms with Gasteiger partial charge in [0.25, 0.3) is 5.91 Å². The zero-order chi connectivity index (χ0) is 21.1. The number of methoxy groups -OCH3 is 2. The molecule has 2 heterocycles. The zero-order valence-corrected chi connectivity index (χ0v) is 16.9. The van der Waals surface area contributed by atoms with E-state index in [0.717, 1.165) is 30.5 Å². The number of hydrogen-bond acceptors (Lipinski definition) is 6. The molecule has 1 N–H and O–H groups in total. The van der Waals surface area contributed by atoms with Crippen molar-refractivity contribution in [2.75, 3.05) is 32.2 Å². The minimum absolute atomic E-state index is 0.0579. The smallest absolute Gasteiger partial charge is 0.254 e. The molecule has 30 heavy (non-hydrogen) atoms. The lowest BCUT2D eigenvalue weighted by Crippen LogP contribution is -2.48. The average molecular weight is 410 g/mol. The van der Waals surface area contributed by atoms with Crippen molar-refractivity contribution in [3.63, 3.8) is 0 Å². The molecule has 1 aromatic heterocycles. The lowest BCUT2D eigenvalue weighted by atomic mass is 10.0. The number of hydrogen-bond donors (Lipinski definition) is 1. The number of ether oxygens (including phenoxy) is 2. The van der Waals surface area contributed by atoms with E-state index in [1.54, 1.807) is 38.6 Å². The summed E-state index contributed by atoms with van der Waals surface area (Å²) in [5, 5.41) is 12.2. The summed E-state index contributed by atoms with van der Waals surface area (Å²) in [5.41, 5.74) is 1.66. The van der Waals surface area contributed by atoms with Crippen molar-refractivity contribution < 1.29 is 18.7 Å². The van der Waals surface area contributed by atoms with Crippen LogP contribution in [0.5, 0.6) is 11.5 Å². The van der Waals surface area contributed by atoms with Gasteiger partial charge in [0.1, 0.15) is 5.82 Å². The van der Waals surface area contributed by atoms with Gasteiger partial charge in [0, 0.05) is 30.6 Å². The summed E-state index contributed by atoms with van der Waals surface area (Å²) in [6.07, 6.45) is 3.43. The zero-order valence-electron chi connectivity index (χ0n) is 16.9. The molecule has 1 saturated heterocycles. The molecule has 1 amide bonds. The van der Waals surface area contributed by atoms with Gasteiger partial charge in [0.05, 0.1) is 37.2 Å². The Morgan fingerprint density at radius 1 is 1.20 bits per heavy atom. The number of fused-ring (bicyclic) bond motifs is 1. The van der Waals surface area contributed by atoms with Crippen LogP contribution in [0.2, 0.25) is 0 Å². The highest BCUT2D eigenvalue weighted by Gasteiger charge is 2.25. The predicted molar refractivity (Wildman–Crippen MR) is 112 cm³/mol. The molecule has 0 aliphatic carbocycles. The van der Waals surface area contributed by atoms with Crippen molar-refractivity contribution in [3.8, 4) is 11.5 Å². The van der Waals surface area contributed by atoms with Crippen molar-refractivity contribution in [1.29, 1.82) is 0 Å². The van der Waals surface area contributed by atoms with Gasteiger partial charge in [0.2, 0.25) is 0 Å². The second-order valence-corrected chi connectivity index (χ2v) is 7.19. The number of rotatable bonds is 5. The van der Waals surface area contributed by atoms with E-state index in [9.17, 15) is 9.18 Å². The first-order valence-electron chi connectivity index (χ1n) is 9.78. The Bertz CT molecular complexity index is 1080. The lowest BCUT2D eigenvalue weighted by molar-refractivity contribution is 0.0929. The topological polar surface area (TPSA) is 76.6 Å². The van der Waals surface area contributed by atoms with Crippen LogP contribution in [0.25, 0.3) is 10.9 Å². The van der Waals surface area contributed by atoms with Crippen LogP contribution in [0.4, 0.5) is 10.1 Å². The molecule has 2 aromatic carbocycles. The monoisotopic (exact) mass is 410 g/mol. The van der Waals surface area contributed by atoms with Crippen molar-refractivity contribution in [1.82, 2.24) is 15.5 Å². The molecule has 0 bridgehead atoms. The Morgan fingerprint density at radius 3 is 2.73 bits per heavy atom. The third-order valence-electron chi connectivity index (χ3n) is 5.34. The molecule has 7 nitrogen and oxygen atoms in total. The van der Waals surface area contributed by atoms with Crippen molar-refractivity contribution in [2.24, 2.45) is 0 Å². The number of nitrogens with one attached hydrogen (secondary N) is 1. The van der Waals surface area contributed by atoms with E-state index in [1.165, 1.54) is 12.1 Å². The third-order valence-corrected chi connectivity index (χ3v) is 5.34. The molecule has 1 aliphatic heterocycles. The lowest BCUT2D eigenvalue weighted by Gasteiger charge is -2.35. The highest BCUT2D eigenvalue weighted by atomic mass is 19.1. The van der Waals surface area contributed by atoms with Gasteiger partial charge in [0.15, 0.2) is 11.5 Å². The molecule has 0 radical (unpaired) electrons. The van der Waals surface area contributed by atoms with Crippen LogP contribution in [0, 0.1) is 5.82 Å². The summed E-state index contributed by atoms with van der Waals surface area (Å²) in [5.74, 6) is 0.280. The van der Waals surface area contributed by atoms with Gasteiger partial charge in [-0.05, 0) is 31.0 Å². The Morgan fingerprint density at radius 2 is 1.97 bits per heavy atom. The number of halogens is 1. The van der Waals surface area contributed by atoms with Crippen LogP contribution >= 0.6 is 0 Å². The Hall–Kier alpha value is -3.42. The number of carbonyl (C=O) groups excluding carboxylic acids is 1. The van der Waals surface area contributed by atoms with Gasteiger partial charge < -0.3 is 19.7 Å². The van der Waals surface area contributed by atoms with E-state index in [-0.39, 0.29) is 11.6 Å². The van der Waals surface area contributed by atoms with Crippen molar-refractivity contribution >= 4 is 22.5 Å². The maximum Gasteiger partial charge on any atom is 0.254 e. The van der Waals surface area contributed by atoms with Crippen LogP contribution in [-0.4, -0.2) is 49.5 Å². The quantitative estimate of drug-likeness (QED) is 0.696. The largest absolute Gasteiger partial charge is 0.493 e. The summed E-state index contributed by atoms with van der Waals surface area (Å²) in [6, 6.07) is 9.59. The Balaban J connectivity index is 1.58. The number of benzene rings is 2. The highest BCUT2D eigenvalue weighted by molar-refractivity contribution is 5.95. The number of aromatic nitrogens is 2. The summed E-state index contributed by atoms with van der Waals surface area (Å²) < 4.78 is 24.7. The van der Waals surface area contributed by atoms with Crippen LogP contribution < -0.4 is 19.7 Å². The van der Waals surface area contributed by atoms with E-state index in [4.69, 9.17) is 9.47 Å². The van der Waals surface area contributed by atoms with Gasteiger partial charge in [-0.2, -0.15) is 10.2 Å². The number of nitrogens with zero attached hydrogens (tertiary/aromatic N) is 3. The molecule has 0 saturated carbocycles. The summed E-state index contributed by atoms with van der Waals surface area (Å²) in [6.45, 7) is 1.41. The molecule has 0 spiro atoms. The van der Waals surface area contributed by atoms with E-state index >= 15 is 0 Å². The SMILES string of the molecule is COc1cc2nncc(N3CCCC(NC(=O)c4ccccc4F)C3)c2cc1OC. The first kappa shape index (κ1) is 19.9. The standard InChI is InChI=1S/C22H23FN4O3/c1-29-20-10-16-18(11-21(20)30-2)26-24-12-19(16)27-9-5-6-14(13-27)25-22(28)15-7-3-4-8-17(15)23/h3-4,7-8,10-12,14H,5-6,9,13H2,1-2H3,(H,25,28). The van der Waals surface area contributed by atoms with Crippen molar-refractivity contribution in [2.45, 2.75) is 18.9 Å². The number of anilines is 1. The van der Waals surface area contributed by atoms with Crippen LogP contribution in [0.3, 0.4) is 0 Å². The summed E-state index contributed by atoms with van der Waals surface area (Å²) in [4.78, 5) is 14.7. The molecule has 1 unspecified atom stereocenters. The third kappa shape index (κ3) is 3.85. The molecule has 8 heteroatoms. The van der Waals surface area contributed by atoms with Crippen LogP contribution in [0.15, 0.2) is 42.6 Å². The molecular weight excluding hydrogens is 387 g/mol. The number of carbonyl (C=O) groups is 1. The molecule has 4 rings (SSSR count). The van der Waals surface area contributed by atoms with E-state index in [2.05, 4.69) is 20.4 Å². The normalized spacial score (nSPS) is 16.4. The van der Waals surface area contributed by atoms with Crippen molar-refractivity contribution in [3.05, 3.63) is 54.0 Å². The van der Waals surface area contributed by atoms with Gasteiger partial charge in [-0.1, -0.05) is 12.1 Å². The molecule has 1 atom stereocenters. The van der Waals surface area contributed by atoms with Gasteiger partial charge >= 0.3 is 0 Å². The van der Waals surface area contributed by atoms with Crippen LogP contribution in [0.1, 0.15) is 23.2 Å². The molecule has 3 aromatic rings. The average Bonchev–Trinajstić information content (AvgIpc) is 2.78. The molecule has 1 fully saturated rings. The van der Waals surface area contributed by atoms with E-state index in [1.807, 2.05) is 6.07 Å². The fraction of sp³-hybridized carbons (Fsp3) is 0.318. The fourth-order valence-electron chi connectivity index (χ4n) is 3.85. The molecule has 1 aliphatic rings. The van der Waals surface area contributed by atoms with Gasteiger partial charge in [-0.3, -0.25) is 4.79 Å². The maximum absolute atomic E-state index is 13.9. The molecule has 156 valence electrons. The fourth-order valence-corrected chi connectivity index (χ4v) is 3.85. The summed E-state index contributed by atoms with van der Waals surface area (Å²) >= 11 is 0. The predicted octanol–water partition coefficient (Wildman–Crippen LogP) is 3.18. The van der Waals surface area contributed by atoms with Crippen LogP contribution in [-0.2, 0) is 0 Å². The minimum atomic E-state index is -0.520. The Kier molecular flexibility index (Phi) is 5.65. The van der Waals surface area contributed by atoms with E-state index in [0.29, 0.717) is 23.6 Å². The summed E-state index contributed by atoms with van der Waals surface area (Å²) in [7, 11) is 3.17. The van der Waals surface area contributed by atoms with E-state index < -0.39 is 11.7 Å². The first-order chi connectivity index (χ1) is 14.6. The van der Waals surface area contributed by atoms with Gasteiger partial charge in [-0.15, -0.1) is 0 Å². The number of piperidine rings is 1. The minimum Gasteiger partial charge on any atom is -0.493 e. The second kappa shape index (κ2) is 8.52. The second-order valence-electron chi connectivity index (χ2n) is 7.19. The number of amides is 1. The highest BCUT2D eigenvalue weighted by Crippen LogP contribution is 2.35. The Labute approximate surface area is 173 Å². The first-order valence-corrected chi connectivity index (χ1v) is 9.78. The van der Waals surface area contributed by atoms with Gasteiger partial charge in [-0.25, -0.2) is 4.39 Å². The molecular formula is C22H23FN4O3.